The highest BCUT2D eigenvalue weighted by Gasteiger charge is 2.33. The van der Waals surface area contributed by atoms with Gasteiger partial charge in [-0.15, -0.1) is 10.2 Å². The van der Waals surface area contributed by atoms with Gasteiger partial charge in [-0.05, 0) is 18.9 Å². The second-order valence-electron chi connectivity index (χ2n) is 6.69. The average molecular weight is 344 g/mol. The third-order valence-electron chi connectivity index (χ3n) is 4.47. The first-order valence-corrected chi connectivity index (χ1v) is 9.28. The minimum Gasteiger partial charge on any atom is -0.331 e. The Morgan fingerprint density at radius 3 is 2.75 bits per heavy atom. The maximum atomic E-state index is 12.5. The number of carbonyl (C=O) groups is 1. The predicted molar refractivity (Wildman–Crippen MR) is 96.2 cm³/mol. The monoisotopic (exact) mass is 344 g/mol. The van der Waals surface area contributed by atoms with Gasteiger partial charge in [0, 0.05) is 24.4 Å². The summed E-state index contributed by atoms with van der Waals surface area (Å²) in [4.78, 5) is 14.5. The number of rotatable bonds is 4. The quantitative estimate of drug-likeness (QED) is 0.919. The van der Waals surface area contributed by atoms with E-state index in [0.29, 0.717) is 18.4 Å². The van der Waals surface area contributed by atoms with E-state index in [1.165, 1.54) is 5.56 Å². The number of benzene rings is 1. The summed E-state index contributed by atoms with van der Waals surface area (Å²) in [5, 5.41) is 13.2. The lowest BCUT2D eigenvalue weighted by atomic mass is 9.97. The van der Waals surface area contributed by atoms with Crippen molar-refractivity contribution in [1.29, 1.82) is 0 Å². The molecular formula is C18H24N4OS. The first-order chi connectivity index (χ1) is 11.5. The molecule has 1 aliphatic rings. The number of nitrogens with zero attached hydrogens (tertiary/aromatic N) is 3. The van der Waals surface area contributed by atoms with Gasteiger partial charge in [0.25, 0.3) is 0 Å². The largest absolute Gasteiger partial charge is 0.331 e. The number of urea groups is 1. The standard InChI is InChI=1S/C18H24N4OS/c1-12(2)17-21-20-16(24-17)10-19-18(23)22-11-15(9-13(22)3)14-7-5-4-6-8-14/h4-8,12-13,15H,9-11H2,1-3H3,(H,19,23)/t13-,15+/m0/s1. The van der Waals surface area contributed by atoms with E-state index in [0.717, 1.165) is 23.0 Å². The van der Waals surface area contributed by atoms with E-state index in [1.807, 2.05) is 11.0 Å². The SMILES string of the molecule is CC(C)c1nnc(CNC(=O)N2C[C@H](c3ccccc3)C[C@@H]2C)s1. The van der Waals surface area contributed by atoms with Crippen molar-refractivity contribution in [3.05, 3.63) is 45.9 Å². The number of aromatic nitrogens is 2. The highest BCUT2D eigenvalue weighted by Crippen LogP contribution is 2.31. The molecule has 5 nitrogen and oxygen atoms in total. The number of carbonyl (C=O) groups excluding carboxylic acids is 1. The maximum absolute atomic E-state index is 12.5. The molecule has 1 N–H and O–H groups in total. The Bertz CT molecular complexity index is 685. The zero-order valence-corrected chi connectivity index (χ0v) is 15.2. The number of nitrogens with one attached hydrogen (secondary N) is 1. The van der Waals surface area contributed by atoms with Crippen LogP contribution in [0.5, 0.6) is 0 Å². The van der Waals surface area contributed by atoms with Crippen LogP contribution in [0, 0.1) is 0 Å². The highest BCUT2D eigenvalue weighted by molar-refractivity contribution is 7.11. The van der Waals surface area contributed by atoms with Crippen LogP contribution in [0.15, 0.2) is 30.3 Å². The Hall–Kier alpha value is -1.95. The van der Waals surface area contributed by atoms with Crippen molar-refractivity contribution >= 4 is 17.4 Å². The van der Waals surface area contributed by atoms with Crippen molar-refractivity contribution < 1.29 is 4.79 Å². The molecule has 0 unspecified atom stereocenters. The van der Waals surface area contributed by atoms with Crippen LogP contribution in [0.3, 0.4) is 0 Å². The number of amides is 2. The van der Waals surface area contributed by atoms with Crippen molar-refractivity contribution in [2.75, 3.05) is 6.54 Å². The summed E-state index contributed by atoms with van der Waals surface area (Å²) in [7, 11) is 0. The van der Waals surface area contributed by atoms with Crippen LogP contribution in [0.1, 0.15) is 54.6 Å². The van der Waals surface area contributed by atoms with E-state index < -0.39 is 0 Å². The van der Waals surface area contributed by atoms with Gasteiger partial charge in [0.1, 0.15) is 10.0 Å². The summed E-state index contributed by atoms with van der Waals surface area (Å²) in [6.07, 6.45) is 1.01. The van der Waals surface area contributed by atoms with Gasteiger partial charge >= 0.3 is 6.03 Å². The molecule has 128 valence electrons. The Labute approximate surface area is 147 Å². The Morgan fingerprint density at radius 2 is 2.08 bits per heavy atom. The first-order valence-electron chi connectivity index (χ1n) is 8.46. The fourth-order valence-corrected chi connectivity index (χ4v) is 3.89. The van der Waals surface area contributed by atoms with Crippen LogP contribution < -0.4 is 5.32 Å². The van der Waals surface area contributed by atoms with Crippen LogP contribution in [-0.2, 0) is 6.54 Å². The van der Waals surface area contributed by atoms with Crippen LogP contribution in [0.25, 0.3) is 0 Å². The van der Waals surface area contributed by atoms with Gasteiger partial charge in [0.05, 0.1) is 6.54 Å². The molecule has 3 rings (SSSR count). The summed E-state index contributed by atoms with van der Waals surface area (Å²) in [6, 6.07) is 10.7. The van der Waals surface area contributed by atoms with Crippen LogP contribution in [-0.4, -0.2) is 33.7 Å². The zero-order valence-electron chi connectivity index (χ0n) is 14.4. The third-order valence-corrected chi connectivity index (χ3v) is 5.70. The van der Waals surface area contributed by atoms with E-state index in [9.17, 15) is 4.79 Å². The molecule has 0 radical (unpaired) electrons. The summed E-state index contributed by atoms with van der Waals surface area (Å²) in [5.74, 6) is 0.790. The summed E-state index contributed by atoms with van der Waals surface area (Å²) < 4.78 is 0. The molecule has 1 aromatic carbocycles. The molecule has 1 saturated heterocycles. The molecule has 0 bridgehead atoms. The lowest BCUT2D eigenvalue weighted by Gasteiger charge is -2.21. The maximum Gasteiger partial charge on any atom is 0.318 e. The van der Waals surface area contributed by atoms with Crippen LogP contribution in [0.2, 0.25) is 0 Å². The Morgan fingerprint density at radius 1 is 1.33 bits per heavy atom. The lowest BCUT2D eigenvalue weighted by Crippen LogP contribution is -2.41. The highest BCUT2D eigenvalue weighted by atomic mass is 32.1. The molecule has 6 heteroatoms. The van der Waals surface area contributed by atoms with Crippen LogP contribution in [0.4, 0.5) is 4.79 Å². The zero-order chi connectivity index (χ0) is 17.1. The van der Waals surface area contributed by atoms with E-state index in [2.05, 4.69) is 60.6 Å². The number of likely N-dealkylation sites (tertiary alicyclic amines) is 1. The summed E-state index contributed by atoms with van der Waals surface area (Å²) in [6.45, 7) is 7.52. The molecule has 0 spiro atoms. The van der Waals surface area contributed by atoms with Crippen molar-refractivity contribution in [1.82, 2.24) is 20.4 Å². The molecule has 24 heavy (non-hydrogen) atoms. The topological polar surface area (TPSA) is 58.1 Å². The van der Waals surface area contributed by atoms with Gasteiger partial charge in [-0.1, -0.05) is 55.5 Å². The first kappa shape index (κ1) is 16.9. The molecule has 0 aliphatic carbocycles. The second kappa shape index (κ2) is 7.30. The molecular weight excluding hydrogens is 320 g/mol. The van der Waals surface area contributed by atoms with Gasteiger partial charge in [-0.3, -0.25) is 0 Å². The van der Waals surface area contributed by atoms with Gasteiger partial charge in [0.2, 0.25) is 0 Å². The minimum atomic E-state index is -0.0118. The summed E-state index contributed by atoms with van der Waals surface area (Å²) >= 11 is 1.57. The van der Waals surface area contributed by atoms with E-state index in [4.69, 9.17) is 0 Å². The molecule has 2 aromatic rings. The molecule has 2 amide bonds. The molecule has 0 saturated carbocycles. The van der Waals surface area contributed by atoms with Gasteiger partial charge < -0.3 is 10.2 Å². The Kier molecular flexibility index (Phi) is 5.14. The third kappa shape index (κ3) is 3.75. The Balaban J connectivity index is 1.56. The van der Waals surface area contributed by atoms with Crippen molar-refractivity contribution in [2.45, 2.75) is 51.6 Å². The van der Waals surface area contributed by atoms with Gasteiger partial charge in [0.15, 0.2) is 0 Å². The lowest BCUT2D eigenvalue weighted by molar-refractivity contribution is 0.195. The van der Waals surface area contributed by atoms with Crippen molar-refractivity contribution in [3.8, 4) is 0 Å². The molecule has 1 aliphatic heterocycles. The smallest absolute Gasteiger partial charge is 0.318 e. The predicted octanol–water partition coefficient (Wildman–Crippen LogP) is 3.75. The van der Waals surface area contributed by atoms with Crippen LogP contribution >= 0.6 is 11.3 Å². The van der Waals surface area contributed by atoms with Crippen molar-refractivity contribution in [2.24, 2.45) is 0 Å². The minimum absolute atomic E-state index is 0.0118. The summed E-state index contributed by atoms with van der Waals surface area (Å²) in [5.41, 5.74) is 1.31. The molecule has 1 aromatic heterocycles. The molecule has 1 fully saturated rings. The molecule has 2 atom stereocenters. The number of hydrogen-bond acceptors (Lipinski definition) is 4. The van der Waals surface area contributed by atoms with E-state index in [1.54, 1.807) is 11.3 Å². The average Bonchev–Trinajstić information content (AvgIpc) is 3.20. The van der Waals surface area contributed by atoms with E-state index >= 15 is 0 Å². The van der Waals surface area contributed by atoms with Gasteiger partial charge in [-0.25, -0.2) is 4.79 Å². The normalized spacial score (nSPS) is 20.6. The fourth-order valence-electron chi connectivity index (χ4n) is 3.10. The van der Waals surface area contributed by atoms with Crippen molar-refractivity contribution in [3.63, 3.8) is 0 Å². The molecule has 2 heterocycles. The van der Waals surface area contributed by atoms with Gasteiger partial charge in [-0.2, -0.15) is 0 Å². The second-order valence-corrected chi connectivity index (χ2v) is 7.79. The van der Waals surface area contributed by atoms with E-state index in [-0.39, 0.29) is 12.1 Å². The number of hydrogen-bond donors (Lipinski definition) is 1. The fraction of sp³-hybridized carbons (Fsp3) is 0.500.